The maximum absolute atomic E-state index is 11.8. The largest absolute Gasteiger partial charge is 0.496 e. The number of rotatable bonds is 6. The molecule has 18 heavy (non-hydrogen) atoms. The molecule has 0 spiro atoms. The Hall–Kier alpha value is -1.59. The smallest absolute Gasteiger partial charge is 0.239 e. The molecule has 100 valence electrons. The molecule has 5 nitrogen and oxygen atoms in total. The quantitative estimate of drug-likeness (QED) is 0.787. The first-order valence-corrected chi connectivity index (χ1v) is 5.78. The summed E-state index contributed by atoms with van der Waals surface area (Å²) < 4.78 is 10.1. The summed E-state index contributed by atoms with van der Waals surface area (Å²) in [6.07, 6.45) is 0. The van der Waals surface area contributed by atoms with Crippen LogP contribution in [-0.2, 0) is 9.53 Å². The van der Waals surface area contributed by atoms with Crippen molar-refractivity contribution in [2.45, 2.75) is 19.0 Å². The van der Waals surface area contributed by atoms with Gasteiger partial charge in [-0.05, 0) is 13.0 Å². The summed E-state index contributed by atoms with van der Waals surface area (Å²) >= 11 is 0. The second kappa shape index (κ2) is 6.98. The van der Waals surface area contributed by atoms with Gasteiger partial charge in [0.15, 0.2) is 0 Å². The van der Waals surface area contributed by atoms with Crippen LogP contribution in [0.15, 0.2) is 24.3 Å². The highest BCUT2D eigenvalue weighted by atomic mass is 16.5. The van der Waals surface area contributed by atoms with Crippen LogP contribution in [0.5, 0.6) is 5.75 Å². The molecule has 0 aliphatic carbocycles. The van der Waals surface area contributed by atoms with Gasteiger partial charge in [-0.25, -0.2) is 0 Å². The molecule has 1 rings (SSSR count). The van der Waals surface area contributed by atoms with Crippen molar-refractivity contribution in [1.82, 2.24) is 5.32 Å². The molecule has 0 aromatic heterocycles. The fourth-order valence-electron chi connectivity index (χ4n) is 1.68. The van der Waals surface area contributed by atoms with Gasteiger partial charge in [0.25, 0.3) is 0 Å². The Labute approximate surface area is 107 Å². The van der Waals surface area contributed by atoms with Gasteiger partial charge in [0.05, 0.1) is 19.8 Å². The number of hydrogen-bond acceptors (Lipinski definition) is 4. The van der Waals surface area contributed by atoms with Crippen LogP contribution in [-0.4, -0.2) is 32.8 Å². The minimum Gasteiger partial charge on any atom is -0.496 e. The van der Waals surface area contributed by atoms with Gasteiger partial charge in [-0.1, -0.05) is 18.2 Å². The summed E-state index contributed by atoms with van der Waals surface area (Å²) in [6.45, 7) is 2.08. The van der Waals surface area contributed by atoms with Gasteiger partial charge in [-0.3, -0.25) is 4.79 Å². The van der Waals surface area contributed by atoms with Crippen molar-refractivity contribution in [2.75, 3.05) is 20.8 Å². The summed E-state index contributed by atoms with van der Waals surface area (Å²) in [5.41, 5.74) is 6.57. The average molecular weight is 252 g/mol. The first-order chi connectivity index (χ1) is 8.60. The zero-order valence-electron chi connectivity index (χ0n) is 11.0. The first-order valence-electron chi connectivity index (χ1n) is 5.78. The van der Waals surface area contributed by atoms with Crippen LogP contribution in [0.1, 0.15) is 18.5 Å². The Kier molecular flexibility index (Phi) is 5.61. The van der Waals surface area contributed by atoms with Crippen molar-refractivity contribution in [3.05, 3.63) is 29.8 Å². The molecule has 1 aromatic rings. The zero-order chi connectivity index (χ0) is 13.5. The van der Waals surface area contributed by atoms with Gasteiger partial charge >= 0.3 is 0 Å². The van der Waals surface area contributed by atoms with E-state index in [1.165, 1.54) is 7.11 Å². The second-order valence-electron chi connectivity index (χ2n) is 4.03. The fraction of sp³-hybridized carbons (Fsp3) is 0.462. The summed E-state index contributed by atoms with van der Waals surface area (Å²) in [5.74, 6) is 0.501. The van der Waals surface area contributed by atoms with E-state index in [4.69, 9.17) is 15.2 Å². The maximum Gasteiger partial charge on any atom is 0.239 e. The topological polar surface area (TPSA) is 73.6 Å². The lowest BCUT2D eigenvalue weighted by molar-refractivity contribution is -0.124. The highest BCUT2D eigenvalue weighted by molar-refractivity contribution is 5.82. The molecule has 0 aliphatic heterocycles. The van der Waals surface area contributed by atoms with E-state index in [1.54, 1.807) is 7.11 Å². The van der Waals surface area contributed by atoms with Crippen molar-refractivity contribution in [1.29, 1.82) is 0 Å². The maximum atomic E-state index is 11.8. The van der Waals surface area contributed by atoms with Crippen LogP contribution in [0, 0.1) is 0 Å². The molecule has 0 saturated heterocycles. The van der Waals surface area contributed by atoms with Crippen molar-refractivity contribution in [2.24, 2.45) is 5.73 Å². The highest BCUT2D eigenvalue weighted by Crippen LogP contribution is 2.24. The number of nitrogens with two attached hydrogens (primary N) is 1. The minimum atomic E-state index is -0.660. The van der Waals surface area contributed by atoms with Crippen molar-refractivity contribution in [3.63, 3.8) is 0 Å². The third-order valence-corrected chi connectivity index (χ3v) is 2.65. The molecular weight excluding hydrogens is 232 g/mol. The van der Waals surface area contributed by atoms with Gasteiger partial charge in [-0.2, -0.15) is 0 Å². The highest BCUT2D eigenvalue weighted by Gasteiger charge is 2.18. The Morgan fingerprint density at radius 2 is 2.06 bits per heavy atom. The van der Waals surface area contributed by atoms with Gasteiger partial charge < -0.3 is 20.5 Å². The Bertz CT molecular complexity index is 396. The molecule has 1 amide bonds. The summed E-state index contributed by atoms with van der Waals surface area (Å²) in [6, 6.07) is 6.71. The van der Waals surface area contributed by atoms with E-state index < -0.39 is 6.04 Å². The summed E-state index contributed by atoms with van der Waals surface area (Å²) in [7, 11) is 3.11. The second-order valence-corrected chi connectivity index (χ2v) is 4.03. The lowest BCUT2D eigenvalue weighted by Gasteiger charge is -2.19. The molecule has 0 heterocycles. The van der Waals surface area contributed by atoms with Crippen LogP contribution in [0.25, 0.3) is 0 Å². The van der Waals surface area contributed by atoms with E-state index in [9.17, 15) is 4.79 Å². The van der Waals surface area contributed by atoms with E-state index in [1.807, 2.05) is 31.2 Å². The van der Waals surface area contributed by atoms with Crippen LogP contribution in [0.3, 0.4) is 0 Å². The molecule has 2 atom stereocenters. The minimum absolute atomic E-state index is 0.170. The molecule has 0 radical (unpaired) electrons. The van der Waals surface area contributed by atoms with Gasteiger partial charge in [0.2, 0.25) is 5.91 Å². The Morgan fingerprint density at radius 1 is 1.39 bits per heavy atom. The molecule has 0 aliphatic rings. The lowest BCUT2D eigenvalue weighted by Crippen LogP contribution is -2.44. The van der Waals surface area contributed by atoms with Crippen molar-refractivity contribution < 1.29 is 14.3 Å². The standard InChI is InChI=1S/C13H20N2O3/c1-9(15-13(16)11(14)8-17-2)10-6-4-5-7-12(10)18-3/h4-7,9,11H,8,14H2,1-3H3,(H,15,16)/t9-,11?/m0/s1. The predicted octanol–water partition coefficient (Wildman–Crippen LogP) is 0.846. The number of amides is 1. The zero-order valence-corrected chi connectivity index (χ0v) is 11.0. The van der Waals surface area contributed by atoms with E-state index in [2.05, 4.69) is 5.32 Å². The average Bonchev–Trinajstić information content (AvgIpc) is 2.38. The lowest BCUT2D eigenvalue weighted by atomic mass is 10.1. The van der Waals surface area contributed by atoms with E-state index in [0.29, 0.717) is 0 Å². The van der Waals surface area contributed by atoms with Gasteiger partial charge in [0.1, 0.15) is 11.8 Å². The molecule has 1 aromatic carbocycles. The number of hydrogen-bond donors (Lipinski definition) is 2. The molecule has 1 unspecified atom stereocenters. The Morgan fingerprint density at radius 3 is 2.67 bits per heavy atom. The van der Waals surface area contributed by atoms with E-state index >= 15 is 0 Å². The number of carbonyl (C=O) groups excluding carboxylic acids is 1. The number of methoxy groups -OCH3 is 2. The molecule has 3 N–H and O–H groups in total. The SMILES string of the molecule is COCC(N)C(=O)N[C@@H](C)c1ccccc1OC. The Balaban J connectivity index is 2.70. The number of ether oxygens (including phenoxy) is 2. The molecule has 0 fully saturated rings. The molecule has 5 heteroatoms. The number of para-hydroxylation sites is 1. The van der Waals surface area contributed by atoms with Gasteiger partial charge in [-0.15, -0.1) is 0 Å². The van der Waals surface area contributed by atoms with Crippen LogP contribution in [0.4, 0.5) is 0 Å². The third kappa shape index (κ3) is 3.72. The monoisotopic (exact) mass is 252 g/mol. The predicted molar refractivity (Wildman–Crippen MR) is 69.4 cm³/mol. The number of benzene rings is 1. The van der Waals surface area contributed by atoms with Crippen molar-refractivity contribution in [3.8, 4) is 5.75 Å². The van der Waals surface area contributed by atoms with E-state index in [0.717, 1.165) is 11.3 Å². The first kappa shape index (κ1) is 14.5. The fourth-order valence-corrected chi connectivity index (χ4v) is 1.68. The van der Waals surface area contributed by atoms with Crippen LogP contribution >= 0.6 is 0 Å². The van der Waals surface area contributed by atoms with Gasteiger partial charge in [0, 0.05) is 12.7 Å². The van der Waals surface area contributed by atoms with E-state index in [-0.39, 0.29) is 18.6 Å². The van der Waals surface area contributed by atoms with Crippen LogP contribution < -0.4 is 15.8 Å². The molecular formula is C13H20N2O3. The normalized spacial score (nSPS) is 13.8. The van der Waals surface area contributed by atoms with Crippen LogP contribution in [0.2, 0.25) is 0 Å². The number of carbonyl (C=O) groups is 1. The van der Waals surface area contributed by atoms with Crippen molar-refractivity contribution >= 4 is 5.91 Å². The molecule has 0 saturated carbocycles. The molecule has 0 bridgehead atoms. The summed E-state index contributed by atoms with van der Waals surface area (Å²) in [4.78, 5) is 11.8. The number of nitrogens with one attached hydrogen (secondary N) is 1. The third-order valence-electron chi connectivity index (χ3n) is 2.65. The summed E-state index contributed by atoms with van der Waals surface area (Å²) in [5, 5.41) is 2.83.